The van der Waals surface area contributed by atoms with E-state index in [0.29, 0.717) is 24.3 Å². The van der Waals surface area contributed by atoms with Crippen molar-refractivity contribution in [2.24, 2.45) is 0 Å². The molecule has 11 heteroatoms. The summed E-state index contributed by atoms with van der Waals surface area (Å²) >= 11 is 0. The fourth-order valence-electron chi connectivity index (χ4n) is 6.26. The number of fused-ring (bicyclic) bond motifs is 3. The average molecular weight is 711 g/mol. The van der Waals surface area contributed by atoms with E-state index in [1.54, 1.807) is 12.1 Å². The topological polar surface area (TPSA) is 141 Å². The molecule has 3 aromatic rings. The van der Waals surface area contributed by atoms with Crippen LogP contribution in [0.1, 0.15) is 92.1 Å². The molecule has 0 saturated heterocycles. The van der Waals surface area contributed by atoms with Gasteiger partial charge in [-0.2, -0.15) is 0 Å². The summed E-state index contributed by atoms with van der Waals surface area (Å²) in [6, 6.07) is 16.8. The van der Waals surface area contributed by atoms with Gasteiger partial charge >= 0.3 is 30.0 Å². The number of benzene rings is 3. The van der Waals surface area contributed by atoms with Crippen LogP contribution in [-0.2, 0) is 28.6 Å². The number of ether oxygens (including phenoxy) is 6. The fourth-order valence-corrected chi connectivity index (χ4v) is 6.26. The van der Waals surface area contributed by atoms with Crippen LogP contribution in [0.4, 0.5) is 4.79 Å². The number of rotatable bonds is 15. The summed E-state index contributed by atoms with van der Waals surface area (Å²) in [6.45, 7) is 9.40. The van der Waals surface area contributed by atoms with E-state index in [1.165, 1.54) is 24.3 Å². The molecule has 0 spiro atoms. The normalized spacial score (nSPS) is 14.6. The highest BCUT2D eigenvalue weighted by Crippen LogP contribution is 2.48. The highest BCUT2D eigenvalue weighted by Gasteiger charge is 2.29. The molecule has 0 heterocycles. The van der Waals surface area contributed by atoms with E-state index >= 15 is 0 Å². The lowest BCUT2D eigenvalue weighted by Gasteiger charge is -2.21. The maximum Gasteiger partial charge on any atom is 0.513 e. The summed E-state index contributed by atoms with van der Waals surface area (Å²) < 4.78 is 31.9. The van der Waals surface area contributed by atoms with Gasteiger partial charge in [-0.15, -0.1) is 0 Å². The van der Waals surface area contributed by atoms with Crippen LogP contribution in [0.2, 0.25) is 0 Å². The average Bonchev–Trinajstić information content (AvgIpc) is 3.45. The Bertz CT molecular complexity index is 1820. The van der Waals surface area contributed by atoms with Crippen molar-refractivity contribution in [3.63, 3.8) is 0 Å². The SMILES string of the molecule is C=CC(=O)OCCCCOC(=O)Oc1ccc(C(=O)Oc2ccc3c(c2)C(CC)c2cc(OC(=O)C(=C)CC(=O)OC4CCCCC4)ccc2-3)cc1. The lowest BCUT2D eigenvalue weighted by Crippen LogP contribution is -2.22. The van der Waals surface area contributed by atoms with Gasteiger partial charge in [-0.05, 0) is 116 Å². The van der Waals surface area contributed by atoms with Crippen molar-refractivity contribution in [1.29, 1.82) is 0 Å². The Morgan fingerprint density at radius 1 is 0.750 bits per heavy atom. The van der Waals surface area contributed by atoms with Crippen molar-refractivity contribution in [2.45, 2.75) is 76.7 Å². The second-order valence-electron chi connectivity index (χ2n) is 12.6. The molecule has 0 aliphatic heterocycles. The zero-order valence-electron chi connectivity index (χ0n) is 29.2. The molecule has 2 aliphatic rings. The van der Waals surface area contributed by atoms with Crippen LogP contribution in [0.25, 0.3) is 11.1 Å². The Morgan fingerprint density at radius 2 is 1.35 bits per heavy atom. The maximum atomic E-state index is 13.0. The van der Waals surface area contributed by atoms with Gasteiger partial charge in [-0.1, -0.05) is 38.6 Å². The Hall–Kier alpha value is -5.71. The third kappa shape index (κ3) is 9.96. The largest absolute Gasteiger partial charge is 0.513 e. The molecule has 272 valence electrons. The fraction of sp³-hybridized carbons (Fsp3) is 0.341. The third-order valence-electron chi connectivity index (χ3n) is 8.87. The Kier molecular flexibility index (Phi) is 13.0. The molecule has 1 fully saturated rings. The molecule has 5 rings (SSSR count). The lowest BCUT2D eigenvalue weighted by molar-refractivity contribution is -0.150. The van der Waals surface area contributed by atoms with Crippen LogP contribution in [-0.4, -0.2) is 49.4 Å². The molecule has 11 nitrogen and oxygen atoms in total. The number of esters is 4. The number of carbonyl (C=O) groups excluding carboxylic acids is 5. The molecule has 0 amide bonds. The molecule has 0 N–H and O–H groups in total. The smallest absolute Gasteiger partial charge is 0.463 e. The Morgan fingerprint density at radius 3 is 1.96 bits per heavy atom. The molecule has 2 aliphatic carbocycles. The van der Waals surface area contributed by atoms with Gasteiger partial charge in [0.1, 0.15) is 23.4 Å². The van der Waals surface area contributed by atoms with E-state index in [-0.39, 0.29) is 48.5 Å². The first-order valence-corrected chi connectivity index (χ1v) is 17.5. The van der Waals surface area contributed by atoms with Crippen LogP contribution in [0, 0.1) is 0 Å². The first kappa shape index (κ1) is 37.5. The first-order valence-electron chi connectivity index (χ1n) is 17.5. The van der Waals surface area contributed by atoms with Crippen molar-refractivity contribution in [3.8, 4) is 28.4 Å². The van der Waals surface area contributed by atoms with E-state index in [9.17, 15) is 24.0 Å². The highest BCUT2D eigenvalue weighted by atomic mass is 16.7. The number of hydrogen-bond acceptors (Lipinski definition) is 11. The quantitative estimate of drug-likeness (QED) is 0.0377. The molecule has 0 bridgehead atoms. The summed E-state index contributed by atoms with van der Waals surface area (Å²) in [6.07, 6.45) is 6.48. The molecular formula is C41H42O11. The minimum Gasteiger partial charge on any atom is -0.463 e. The van der Waals surface area contributed by atoms with Gasteiger partial charge < -0.3 is 28.4 Å². The molecular weight excluding hydrogens is 668 g/mol. The van der Waals surface area contributed by atoms with Gasteiger partial charge in [-0.25, -0.2) is 19.2 Å². The second-order valence-corrected chi connectivity index (χ2v) is 12.6. The van der Waals surface area contributed by atoms with Crippen molar-refractivity contribution in [1.82, 2.24) is 0 Å². The second kappa shape index (κ2) is 18.0. The lowest BCUT2D eigenvalue weighted by atomic mass is 9.94. The summed E-state index contributed by atoms with van der Waals surface area (Å²) in [4.78, 5) is 61.2. The monoisotopic (exact) mass is 710 g/mol. The van der Waals surface area contributed by atoms with Gasteiger partial charge in [0.2, 0.25) is 0 Å². The zero-order valence-corrected chi connectivity index (χ0v) is 29.2. The molecule has 3 aromatic carbocycles. The molecule has 52 heavy (non-hydrogen) atoms. The standard InChI is InChI=1S/C41H42O11/c1-4-32-35-24-30(50-39(44)26(3)23-38(43)49-28-11-7-6-8-12-28)17-19-33(35)34-20-18-31(25-36(32)34)51-40(45)27-13-15-29(16-14-27)52-41(46)48-22-10-9-21-47-37(42)5-2/h5,13-20,24-25,28,32H,2-4,6-12,21-23H2,1H3. The summed E-state index contributed by atoms with van der Waals surface area (Å²) in [5, 5.41) is 0. The summed E-state index contributed by atoms with van der Waals surface area (Å²) in [5.41, 5.74) is 4.19. The zero-order chi connectivity index (χ0) is 37.0. The van der Waals surface area contributed by atoms with E-state index in [2.05, 4.69) is 13.2 Å². The van der Waals surface area contributed by atoms with Gasteiger partial charge in [0.25, 0.3) is 0 Å². The van der Waals surface area contributed by atoms with Crippen molar-refractivity contribution < 1.29 is 52.4 Å². The minimum atomic E-state index is -0.898. The van der Waals surface area contributed by atoms with Crippen molar-refractivity contribution in [2.75, 3.05) is 13.2 Å². The molecule has 1 atom stereocenters. The van der Waals surface area contributed by atoms with E-state index in [4.69, 9.17) is 28.4 Å². The summed E-state index contributed by atoms with van der Waals surface area (Å²) in [7, 11) is 0. The number of unbranched alkanes of at least 4 members (excludes halogenated alkanes) is 1. The molecule has 0 aromatic heterocycles. The minimum absolute atomic E-state index is 0.0294. The Balaban J connectivity index is 1.13. The van der Waals surface area contributed by atoms with Crippen LogP contribution < -0.4 is 14.2 Å². The van der Waals surface area contributed by atoms with E-state index in [0.717, 1.165) is 66.9 Å². The van der Waals surface area contributed by atoms with Gasteiger partial charge in [0, 0.05) is 17.6 Å². The van der Waals surface area contributed by atoms with Gasteiger partial charge in [0.05, 0.1) is 25.2 Å². The number of carbonyl (C=O) groups is 5. The highest BCUT2D eigenvalue weighted by molar-refractivity contribution is 5.95. The maximum absolute atomic E-state index is 13.0. The third-order valence-corrected chi connectivity index (χ3v) is 8.87. The van der Waals surface area contributed by atoms with E-state index < -0.39 is 30.0 Å². The summed E-state index contributed by atoms with van der Waals surface area (Å²) in [5.74, 6) is -1.41. The van der Waals surface area contributed by atoms with E-state index in [1.807, 2.05) is 31.2 Å². The first-order chi connectivity index (χ1) is 25.1. The molecule has 1 saturated carbocycles. The van der Waals surface area contributed by atoms with Crippen LogP contribution in [0.3, 0.4) is 0 Å². The van der Waals surface area contributed by atoms with Gasteiger partial charge in [-0.3, -0.25) is 4.79 Å². The molecule has 1 unspecified atom stereocenters. The predicted molar refractivity (Wildman–Crippen MR) is 190 cm³/mol. The predicted octanol–water partition coefficient (Wildman–Crippen LogP) is 8.18. The van der Waals surface area contributed by atoms with Crippen LogP contribution in [0.5, 0.6) is 17.2 Å². The Labute approximate surface area is 302 Å². The van der Waals surface area contributed by atoms with Crippen molar-refractivity contribution >= 4 is 30.0 Å². The molecule has 0 radical (unpaired) electrons. The number of hydrogen-bond donors (Lipinski definition) is 0. The van der Waals surface area contributed by atoms with Crippen molar-refractivity contribution in [3.05, 3.63) is 102 Å². The van der Waals surface area contributed by atoms with Crippen LogP contribution >= 0.6 is 0 Å². The van der Waals surface area contributed by atoms with Crippen LogP contribution in [0.15, 0.2) is 85.5 Å². The van der Waals surface area contributed by atoms with Gasteiger partial charge in [0.15, 0.2) is 0 Å².